The molecule has 0 saturated heterocycles. The maximum atomic E-state index is 4.38. The van der Waals surface area contributed by atoms with Crippen molar-refractivity contribution in [3.63, 3.8) is 0 Å². The van der Waals surface area contributed by atoms with Gasteiger partial charge in [0, 0.05) is 11.5 Å². The van der Waals surface area contributed by atoms with Gasteiger partial charge < -0.3 is 0 Å². The lowest BCUT2D eigenvalue weighted by molar-refractivity contribution is 0.430. The van der Waals surface area contributed by atoms with E-state index < -0.39 is 0 Å². The first-order valence-corrected chi connectivity index (χ1v) is 7.20. The molecule has 0 nitrogen and oxygen atoms in total. The molecule has 0 radical (unpaired) electrons. The quantitative estimate of drug-likeness (QED) is 0.456. The van der Waals surface area contributed by atoms with Gasteiger partial charge in [-0.3, -0.25) is 0 Å². The predicted molar refractivity (Wildman–Crippen MR) is 71.6 cm³/mol. The van der Waals surface area contributed by atoms with Gasteiger partial charge in [-0.1, -0.05) is 6.92 Å². The van der Waals surface area contributed by atoms with Gasteiger partial charge in [-0.2, -0.15) is 49.6 Å². The molecule has 0 saturated carbocycles. The molecule has 0 spiro atoms. The molecule has 0 aliphatic carbocycles. The van der Waals surface area contributed by atoms with Crippen molar-refractivity contribution in [1.82, 2.24) is 0 Å². The van der Waals surface area contributed by atoms with Gasteiger partial charge in [0.1, 0.15) is 0 Å². The van der Waals surface area contributed by atoms with Gasteiger partial charge in [-0.15, -0.1) is 0 Å². The summed E-state index contributed by atoms with van der Waals surface area (Å²) < 4.78 is 0. The van der Waals surface area contributed by atoms with Gasteiger partial charge in [0.15, 0.2) is 0 Å². The van der Waals surface area contributed by atoms with Gasteiger partial charge in [0.2, 0.25) is 0 Å². The second kappa shape index (κ2) is 7.77. The van der Waals surface area contributed by atoms with E-state index in [0.717, 1.165) is 28.8 Å². The second-order valence-electron chi connectivity index (χ2n) is 2.95. The molecule has 0 aromatic heterocycles. The molecule has 0 aliphatic rings. The van der Waals surface area contributed by atoms with E-state index in [4.69, 9.17) is 0 Å². The standard InChI is InChI=1S/C8H18S4/c1-2-8(5-10,6-11)7-12-4-3-9/h9-11H,2-7H2,1H3. The third-order valence-corrected chi connectivity index (χ3v) is 5.24. The molecular formula is C8H18S4. The molecule has 0 aliphatic heterocycles. The number of hydrogen-bond acceptors (Lipinski definition) is 4. The first-order chi connectivity index (χ1) is 5.74. The molecule has 0 rings (SSSR count). The third-order valence-electron chi connectivity index (χ3n) is 2.06. The summed E-state index contributed by atoms with van der Waals surface area (Å²) in [7, 11) is 0. The highest BCUT2D eigenvalue weighted by molar-refractivity contribution is 8.00. The maximum absolute atomic E-state index is 4.38. The Bertz CT molecular complexity index is 93.0. The largest absolute Gasteiger partial charge is 0.179 e. The van der Waals surface area contributed by atoms with Crippen molar-refractivity contribution in [1.29, 1.82) is 0 Å². The summed E-state index contributed by atoms with van der Waals surface area (Å²) in [6.45, 7) is 2.22. The fraction of sp³-hybridized carbons (Fsp3) is 1.00. The van der Waals surface area contributed by atoms with Crippen LogP contribution in [0.3, 0.4) is 0 Å². The summed E-state index contributed by atoms with van der Waals surface area (Å²) in [5.74, 6) is 5.13. The normalized spacial score (nSPS) is 12.0. The zero-order valence-corrected chi connectivity index (χ0v) is 11.0. The van der Waals surface area contributed by atoms with E-state index in [0.29, 0.717) is 5.41 Å². The fourth-order valence-electron chi connectivity index (χ4n) is 0.820. The van der Waals surface area contributed by atoms with Crippen LogP contribution >= 0.6 is 49.6 Å². The minimum atomic E-state index is 0.333. The van der Waals surface area contributed by atoms with Crippen molar-refractivity contribution in [3.8, 4) is 0 Å². The van der Waals surface area contributed by atoms with Gasteiger partial charge in [-0.05, 0) is 29.1 Å². The lowest BCUT2D eigenvalue weighted by Crippen LogP contribution is -2.27. The van der Waals surface area contributed by atoms with E-state index >= 15 is 0 Å². The monoisotopic (exact) mass is 242 g/mol. The van der Waals surface area contributed by atoms with Crippen molar-refractivity contribution in [3.05, 3.63) is 0 Å². The molecule has 4 heteroatoms. The molecule has 12 heavy (non-hydrogen) atoms. The number of rotatable bonds is 7. The highest BCUT2D eigenvalue weighted by Crippen LogP contribution is 2.29. The van der Waals surface area contributed by atoms with Crippen LogP contribution in [0.2, 0.25) is 0 Å². The number of thiol groups is 3. The molecule has 0 fully saturated rings. The Hall–Kier alpha value is 1.40. The highest BCUT2D eigenvalue weighted by Gasteiger charge is 2.24. The van der Waals surface area contributed by atoms with Gasteiger partial charge >= 0.3 is 0 Å². The summed E-state index contributed by atoms with van der Waals surface area (Å²) in [5, 5.41) is 0. The smallest absolute Gasteiger partial charge is 0.00212 e. The van der Waals surface area contributed by atoms with Crippen molar-refractivity contribution in [2.75, 3.05) is 28.8 Å². The molecule has 0 atom stereocenters. The first kappa shape index (κ1) is 13.4. The molecule has 0 aromatic rings. The summed E-state index contributed by atoms with van der Waals surface area (Å²) in [5.41, 5.74) is 0.333. The Morgan fingerprint density at radius 2 is 1.75 bits per heavy atom. The summed E-state index contributed by atoms with van der Waals surface area (Å²) in [6.07, 6.45) is 1.17. The predicted octanol–water partition coefficient (Wildman–Crippen LogP) is 2.91. The van der Waals surface area contributed by atoms with E-state index in [9.17, 15) is 0 Å². The summed E-state index contributed by atoms with van der Waals surface area (Å²) >= 11 is 14.9. The van der Waals surface area contributed by atoms with Crippen LogP contribution in [0.15, 0.2) is 0 Å². The van der Waals surface area contributed by atoms with Crippen LogP contribution in [0.5, 0.6) is 0 Å². The van der Waals surface area contributed by atoms with E-state index in [1.54, 1.807) is 0 Å². The van der Waals surface area contributed by atoms with Crippen molar-refractivity contribution in [2.24, 2.45) is 5.41 Å². The van der Waals surface area contributed by atoms with Crippen molar-refractivity contribution < 1.29 is 0 Å². The van der Waals surface area contributed by atoms with Crippen LogP contribution in [0, 0.1) is 5.41 Å². The topological polar surface area (TPSA) is 0 Å². The van der Waals surface area contributed by atoms with Crippen LogP contribution in [0.25, 0.3) is 0 Å². The minimum absolute atomic E-state index is 0.333. The van der Waals surface area contributed by atoms with E-state index in [2.05, 4.69) is 44.8 Å². The Labute approximate surface area is 96.9 Å². The van der Waals surface area contributed by atoms with Crippen molar-refractivity contribution in [2.45, 2.75) is 13.3 Å². The molecule has 0 aromatic carbocycles. The Morgan fingerprint density at radius 3 is 2.08 bits per heavy atom. The van der Waals surface area contributed by atoms with Crippen LogP contribution in [0.4, 0.5) is 0 Å². The van der Waals surface area contributed by atoms with Crippen LogP contribution < -0.4 is 0 Å². The van der Waals surface area contributed by atoms with Crippen LogP contribution in [0.1, 0.15) is 13.3 Å². The Kier molecular flexibility index (Phi) is 8.68. The minimum Gasteiger partial charge on any atom is -0.179 e. The number of thioether (sulfide) groups is 1. The van der Waals surface area contributed by atoms with Crippen LogP contribution in [-0.2, 0) is 0 Å². The zero-order chi connectivity index (χ0) is 9.45. The lowest BCUT2D eigenvalue weighted by Gasteiger charge is -2.28. The Morgan fingerprint density at radius 1 is 1.17 bits per heavy atom. The van der Waals surface area contributed by atoms with Gasteiger partial charge in [-0.25, -0.2) is 0 Å². The van der Waals surface area contributed by atoms with E-state index in [-0.39, 0.29) is 0 Å². The van der Waals surface area contributed by atoms with E-state index in [1.165, 1.54) is 6.42 Å². The highest BCUT2D eigenvalue weighted by atomic mass is 32.2. The van der Waals surface area contributed by atoms with Crippen LogP contribution in [-0.4, -0.2) is 28.8 Å². The average Bonchev–Trinajstić information content (AvgIpc) is 2.14. The van der Waals surface area contributed by atoms with Gasteiger partial charge in [0.05, 0.1) is 0 Å². The van der Waals surface area contributed by atoms with E-state index in [1.807, 2.05) is 11.8 Å². The molecule has 0 amide bonds. The lowest BCUT2D eigenvalue weighted by atomic mass is 9.92. The average molecular weight is 242 g/mol. The summed E-state index contributed by atoms with van der Waals surface area (Å²) in [4.78, 5) is 0. The Balaban J connectivity index is 3.76. The SMILES string of the molecule is CCC(CS)(CS)CSCCS. The molecule has 0 heterocycles. The number of hydrogen-bond donors (Lipinski definition) is 3. The molecule has 74 valence electrons. The van der Waals surface area contributed by atoms with Gasteiger partial charge in [0.25, 0.3) is 0 Å². The molecule has 0 bridgehead atoms. The third kappa shape index (κ3) is 4.58. The maximum Gasteiger partial charge on any atom is 0.00212 e. The molecule has 0 N–H and O–H groups in total. The first-order valence-electron chi connectivity index (χ1n) is 4.15. The second-order valence-corrected chi connectivity index (χ2v) is 5.13. The fourth-order valence-corrected chi connectivity index (χ4v) is 3.70. The zero-order valence-electron chi connectivity index (χ0n) is 7.49. The molecule has 0 unspecified atom stereocenters. The summed E-state index contributed by atoms with van der Waals surface area (Å²) in [6, 6.07) is 0. The molecular weight excluding hydrogens is 224 g/mol. The van der Waals surface area contributed by atoms with Crippen molar-refractivity contribution >= 4 is 49.6 Å².